The largest absolute Gasteiger partial charge is 0.444 e. The number of carbonyl (C=O) groups is 3. The van der Waals surface area contributed by atoms with E-state index in [2.05, 4.69) is 25.3 Å². The van der Waals surface area contributed by atoms with Gasteiger partial charge < -0.3 is 32.2 Å². The Balaban J connectivity index is 0.000000174. The number of carbonyl (C=O) groups excluding carboxylic acids is 3. The number of benzene rings is 2. The molecule has 1 aliphatic heterocycles. The van der Waals surface area contributed by atoms with Crippen molar-refractivity contribution in [3.8, 4) is 22.5 Å². The molecule has 2 aromatic carbocycles. The summed E-state index contributed by atoms with van der Waals surface area (Å²) in [6.07, 6.45) is 11.3. The molecule has 6 aromatic rings. The first-order valence-corrected chi connectivity index (χ1v) is 19.8. The number of nitrogens with zero attached hydrogens (tertiary/aromatic N) is 7. The van der Waals surface area contributed by atoms with Crippen molar-refractivity contribution < 1.29 is 19.1 Å². The highest BCUT2D eigenvalue weighted by Gasteiger charge is 2.21. The molecule has 2 fully saturated rings. The molecule has 16 heteroatoms. The normalized spacial score (nSPS) is 15.5. The van der Waals surface area contributed by atoms with Crippen LogP contribution < -0.4 is 27.4 Å². The van der Waals surface area contributed by atoms with Gasteiger partial charge in [0.25, 0.3) is 0 Å². The third-order valence-corrected chi connectivity index (χ3v) is 9.92. The average molecular weight is 824 g/mol. The lowest BCUT2D eigenvalue weighted by atomic mass is 9.96. The minimum Gasteiger partial charge on any atom is -0.444 e. The topological polar surface area (TPSA) is 214 Å². The molecule has 0 spiro atoms. The highest BCUT2D eigenvalue weighted by Crippen LogP contribution is 2.25. The van der Waals surface area contributed by atoms with Crippen LogP contribution in [0.5, 0.6) is 0 Å². The molecule has 0 radical (unpaired) electrons. The average Bonchev–Trinajstić information content (AvgIpc) is 3.82. The van der Waals surface area contributed by atoms with Gasteiger partial charge in [0.2, 0.25) is 11.8 Å². The third-order valence-electron chi connectivity index (χ3n) is 9.72. The van der Waals surface area contributed by atoms with Crippen LogP contribution in [0.4, 0.5) is 10.6 Å². The summed E-state index contributed by atoms with van der Waals surface area (Å²) < 4.78 is 8.67. The van der Waals surface area contributed by atoms with Gasteiger partial charge in [-0.3, -0.25) is 9.59 Å². The van der Waals surface area contributed by atoms with E-state index < -0.39 is 17.4 Å². The van der Waals surface area contributed by atoms with Crippen LogP contribution in [-0.4, -0.2) is 77.9 Å². The Morgan fingerprint density at radius 2 is 1.25 bits per heavy atom. The van der Waals surface area contributed by atoms with E-state index in [0.29, 0.717) is 28.0 Å². The fourth-order valence-electron chi connectivity index (χ4n) is 6.83. The van der Waals surface area contributed by atoms with E-state index in [-0.39, 0.29) is 19.6 Å². The predicted molar refractivity (Wildman–Crippen MR) is 231 cm³/mol. The zero-order valence-corrected chi connectivity index (χ0v) is 33.7. The van der Waals surface area contributed by atoms with E-state index in [0.717, 1.165) is 72.8 Å². The molecule has 1 saturated heterocycles. The first-order valence-electron chi connectivity index (χ1n) is 19.4. The first kappa shape index (κ1) is 44.1. The number of amides is 3. The van der Waals surface area contributed by atoms with Crippen molar-refractivity contribution in [3.63, 3.8) is 0 Å². The molecule has 8 rings (SSSR count). The van der Waals surface area contributed by atoms with Crippen LogP contribution >= 0.6 is 11.6 Å². The van der Waals surface area contributed by atoms with Gasteiger partial charge in [-0.05, 0) is 95.0 Å². The van der Waals surface area contributed by atoms with Crippen LogP contribution in [0.3, 0.4) is 0 Å². The van der Waals surface area contributed by atoms with Crippen LogP contribution in [-0.2, 0) is 4.74 Å². The first-order chi connectivity index (χ1) is 27.7. The number of halogens is 1. The standard InChI is InChI=1S/C18H20N6O.C13H9ClN4O.C11H21NO2.CH4/c19-14-2-1-9-23(11-14)17-8-7-16-21-10-15(24(16)22-17)12-3-5-13(6-4-12)18(20)25;14-11-5-6-12-16-7-10(18(12)17-11)8-1-3-9(4-2-8)13(15)19;1-11(2,3)14-10(13)12-9-7-5-4-6-8-9;/h3-8,10,14H,1-2,9,11,19H2,(H2,20,25);1-7H,(H2,15,19);9H,4-8H2,1-3H3,(H,12,13);1H4. The maximum absolute atomic E-state index is 11.4. The van der Waals surface area contributed by atoms with Crippen molar-refractivity contribution in [1.82, 2.24) is 34.5 Å². The summed E-state index contributed by atoms with van der Waals surface area (Å²) in [6.45, 7) is 7.42. The van der Waals surface area contributed by atoms with Gasteiger partial charge in [0.1, 0.15) is 16.6 Å². The Morgan fingerprint density at radius 1 is 0.729 bits per heavy atom. The number of piperidine rings is 1. The molecular weight excluding hydrogens is 770 g/mol. The number of nitrogens with one attached hydrogen (secondary N) is 1. The second-order valence-corrected chi connectivity index (χ2v) is 15.8. The van der Waals surface area contributed by atoms with Gasteiger partial charge in [-0.2, -0.15) is 5.10 Å². The fourth-order valence-corrected chi connectivity index (χ4v) is 6.97. The zero-order valence-electron chi connectivity index (χ0n) is 33.0. The summed E-state index contributed by atoms with van der Waals surface area (Å²) in [5.41, 5.74) is 22.1. The molecule has 4 aromatic heterocycles. The second-order valence-electron chi connectivity index (χ2n) is 15.4. The molecule has 7 N–H and O–H groups in total. The Kier molecular flexibility index (Phi) is 14.6. The van der Waals surface area contributed by atoms with Gasteiger partial charge in [-0.15, -0.1) is 5.10 Å². The number of aromatic nitrogens is 6. The molecule has 1 unspecified atom stereocenters. The van der Waals surface area contributed by atoms with Crippen LogP contribution in [0, 0.1) is 0 Å². The van der Waals surface area contributed by atoms with Crippen molar-refractivity contribution in [2.24, 2.45) is 17.2 Å². The van der Waals surface area contributed by atoms with Gasteiger partial charge in [-0.25, -0.2) is 23.8 Å². The molecule has 2 aliphatic rings. The van der Waals surface area contributed by atoms with Gasteiger partial charge in [0, 0.05) is 47.4 Å². The third kappa shape index (κ3) is 11.8. The minimum absolute atomic E-state index is 0. The van der Waals surface area contributed by atoms with E-state index in [4.69, 9.17) is 38.6 Å². The van der Waals surface area contributed by atoms with Crippen LogP contribution in [0.25, 0.3) is 33.8 Å². The second kappa shape index (κ2) is 19.6. The molecule has 59 heavy (non-hydrogen) atoms. The Bertz CT molecular complexity index is 2350. The molecule has 312 valence electrons. The smallest absolute Gasteiger partial charge is 0.407 e. The van der Waals surface area contributed by atoms with Gasteiger partial charge in [0.05, 0.1) is 23.8 Å². The summed E-state index contributed by atoms with van der Waals surface area (Å²) >= 11 is 5.88. The molecule has 3 amide bonds. The van der Waals surface area contributed by atoms with E-state index in [1.807, 2.05) is 49.6 Å². The van der Waals surface area contributed by atoms with E-state index in [9.17, 15) is 14.4 Å². The van der Waals surface area contributed by atoms with Crippen molar-refractivity contribution in [1.29, 1.82) is 0 Å². The molecule has 1 atom stereocenters. The van der Waals surface area contributed by atoms with Crippen LogP contribution in [0.2, 0.25) is 5.15 Å². The number of fused-ring (bicyclic) bond motifs is 2. The number of hydrogen-bond donors (Lipinski definition) is 4. The quantitative estimate of drug-likeness (QED) is 0.134. The van der Waals surface area contributed by atoms with E-state index in [1.165, 1.54) is 19.3 Å². The number of anilines is 1. The summed E-state index contributed by atoms with van der Waals surface area (Å²) in [5.74, 6) is 0.00746. The fraction of sp³-hybridized carbons (Fsp3) is 0.372. The molecule has 0 bridgehead atoms. The number of primary amides is 2. The van der Waals surface area contributed by atoms with Gasteiger partial charge in [-0.1, -0.05) is 62.6 Å². The minimum atomic E-state index is -0.453. The lowest BCUT2D eigenvalue weighted by Crippen LogP contribution is -2.43. The predicted octanol–water partition coefficient (Wildman–Crippen LogP) is 7.05. The SMILES string of the molecule is C.CC(C)(C)OC(=O)NC1CCCCC1.NC(=O)c1ccc(-c2cnc3ccc(Cl)nn23)cc1.NC(=O)c1ccc(-c2cnc3ccc(N4CCCC(N)C4)nn23)cc1. The Labute approximate surface area is 349 Å². The number of ether oxygens (including phenoxy) is 1. The number of nitrogens with two attached hydrogens (primary N) is 3. The molecule has 1 saturated carbocycles. The molecular formula is C43H54ClN11O4. The van der Waals surface area contributed by atoms with Crippen LogP contribution in [0.1, 0.15) is 93.9 Å². The van der Waals surface area contributed by atoms with Crippen molar-refractivity contribution in [3.05, 3.63) is 101 Å². The molecule has 15 nitrogen and oxygen atoms in total. The maximum atomic E-state index is 11.4. The van der Waals surface area contributed by atoms with Crippen molar-refractivity contribution in [2.45, 2.75) is 90.8 Å². The highest BCUT2D eigenvalue weighted by atomic mass is 35.5. The summed E-state index contributed by atoms with van der Waals surface area (Å²) in [6, 6.07) is 22.0. The number of rotatable bonds is 6. The zero-order chi connectivity index (χ0) is 41.4. The van der Waals surface area contributed by atoms with Gasteiger partial charge >= 0.3 is 6.09 Å². The Hall–Kier alpha value is -6.06. The molecule has 5 heterocycles. The maximum Gasteiger partial charge on any atom is 0.407 e. The Morgan fingerprint density at radius 3 is 1.76 bits per heavy atom. The molecule has 1 aliphatic carbocycles. The summed E-state index contributed by atoms with van der Waals surface area (Å²) in [4.78, 5) is 44.5. The lowest BCUT2D eigenvalue weighted by molar-refractivity contribution is 0.0493. The van der Waals surface area contributed by atoms with Crippen LogP contribution in [0.15, 0.2) is 85.2 Å². The summed E-state index contributed by atoms with van der Waals surface area (Å²) in [5, 5.41) is 12.3. The van der Waals surface area contributed by atoms with E-state index >= 15 is 0 Å². The summed E-state index contributed by atoms with van der Waals surface area (Å²) in [7, 11) is 0. The van der Waals surface area contributed by atoms with E-state index in [1.54, 1.807) is 65.4 Å². The van der Waals surface area contributed by atoms with Crippen molar-refractivity contribution in [2.75, 3.05) is 18.0 Å². The van der Waals surface area contributed by atoms with Gasteiger partial charge in [0.15, 0.2) is 11.3 Å². The number of hydrogen-bond acceptors (Lipinski definition) is 10. The number of imidazole rings is 2. The highest BCUT2D eigenvalue weighted by molar-refractivity contribution is 6.29. The lowest BCUT2D eigenvalue weighted by Gasteiger charge is -2.31. The monoisotopic (exact) mass is 823 g/mol. The number of alkyl carbamates (subject to hydrolysis) is 1. The van der Waals surface area contributed by atoms with Crippen molar-refractivity contribution >= 4 is 46.6 Å².